The third-order valence-corrected chi connectivity index (χ3v) is 4.96. The summed E-state index contributed by atoms with van der Waals surface area (Å²) >= 11 is 7.02. The number of anilines is 1. The molecule has 1 amide bonds. The molecule has 0 unspecified atom stereocenters. The van der Waals surface area contributed by atoms with Crippen molar-refractivity contribution in [2.24, 2.45) is 0 Å². The van der Waals surface area contributed by atoms with Crippen molar-refractivity contribution in [2.75, 3.05) is 11.1 Å². The van der Waals surface area contributed by atoms with Crippen LogP contribution in [0.3, 0.4) is 0 Å². The number of aromatic nitrogens is 3. The number of fused-ring (bicyclic) bond motifs is 1. The van der Waals surface area contributed by atoms with E-state index in [2.05, 4.69) is 15.3 Å². The van der Waals surface area contributed by atoms with E-state index in [0.29, 0.717) is 17.9 Å². The van der Waals surface area contributed by atoms with E-state index in [4.69, 9.17) is 11.6 Å². The van der Waals surface area contributed by atoms with Crippen molar-refractivity contribution in [1.29, 1.82) is 0 Å². The second-order valence-corrected chi connectivity index (χ2v) is 6.87. The van der Waals surface area contributed by atoms with Gasteiger partial charge in [-0.3, -0.25) is 4.79 Å². The Kier molecular flexibility index (Phi) is 5.61. The van der Waals surface area contributed by atoms with Gasteiger partial charge in [0, 0.05) is 12.7 Å². The molecule has 2 aromatic heterocycles. The van der Waals surface area contributed by atoms with E-state index >= 15 is 0 Å². The van der Waals surface area contributed by atoms with E-state index in [9.17, 15) is 18.0 Å². The van der Waals surface area contributed by atoms with Crippen LogP contribution in [0.2, 0.25) is 5.02 Å². The molecule has 27 heavy (non-hydrogen) atoms. The molecule has 1 aromatic carbocycles. The zero-order valence-electron chi connectivity index (χ0n) is 14.0. The van der Waals surface area contributed by atoms with Gasteiger partial charge < -0.3 is 9.88 Å². The Morgan fingerprint density at radius 2 is 2.07 bits per heavy atom. The van der Waals surface area contributed by atoms with Crippen molar-refractivity contribution in [1.82, 2.24) is 14.5 Å². The van der Waals surface area contributed by atoms with Gasteiger partial charge in [0.05, 0.1) is 27.4 Å². The summed E-state index contributed by atoms with van der Waals surface area (Å²) in [6.07, 6.45) is -3.92. The summed E-state index contributed by atoms with van der Waals surface area (Å²) in [5.74, 6) is -0.536. The van der Waals surface area contributed by atoms with Crippen molar-refractivity contribution in [3.8, 4) is 0 Å². The number of benzene rings is 1. The lowest BCUT2D eigenvalue weighted by atomic mass is 10.3. The summed E-state index contributed by atoms with van der Waals surface area (Å²) in [5, 5.41) is 2.83. The Labute approximate surface area is 161 Å². The molecule has 0 aliphatic heterocycles. The number of hydrogen-bond donors (Lipinski definition) is 1. The molecule has 0 fully saturated rings. The minimum absolute atomic E-state index is 0.0162. The number of imidazole rings is 1. The van der Waals surface area contributed by atoms with Crippen LogP contribution in [0.4, 0.5) is 19.0 Å². The first kappa shape index (κ1) is 19.5. The first-order valence-electron chi connectivity index (χ1n) is 7.90. The molecule has 0 atom stereocenters. The van der Waals surface area contributed by atoms with Crippen LogP contribution in [0.1, 0.15) is 12.5 Å². The molecular weight excluding hydrogens is 401 g/mol. The van der Waals surface area contributed by atoms with Gasteiger partial charge in [0.1, 0.15) is 0 Å². The molecule has 0 bridgehead atoms. The number of rotatable bonds is 5. The first-order valence-corrected chi connectivity index (χ1v) is 9.26. The SMILES string of the molecule is CCn1c(SCC(=O)Nc2ncc(C(F)(F)F)cc2Cl)nc2ccccc21. The molecule has 0 saturated heterocycles. The van der Waals surface area contributed by atoms with E-state index in [1.807, 2.05) is 35.8 Å². The van der Waals surface area contributed by atoms with Gasteiger partial charge in [0.2, 0.25) is 5.91 Å². The summed E-state index contributed by atoms with van der Waals surface area (Å²) in [6, 6.07) is 8.36. The monoisotopic (exact) mass is 414 g/mol. The third-order valence-electron chi connectivity index (χ3n) is 3.69. The zero-order valence-corrected chi connectivity index (χ0v) is 15.6. The number of nitrogens with zero attached hydrogens (tertiary/aromatic N) is 3. The summed E-state index contributed by atoms with van der Waals surface area (Å²) in [7, 11) is 0. The summed E-state index contributed by atoms with van der Waals surface area (Å²) in [4.78, 5) is 20.2. The minimum atomic E-state index is -4.55. The van der Waals surface area contributed by atoms with Gasteiger partial charge in [-0.05, 0) is 25.1 Å². The molecule has 142 valence electrons. The smallest absolute Gasteiger partial charge is 0.319 e. The standard InChI is InChI=1S/C17H14ClF3N4OS/c1-2-25-13-6-4-3-5-12(13)23-16(25)27-9-14(26)24-15-11(18)7-10(8-22-15)17(19,20)21/h3-8H,2,9H2,1H3,(H,22,24,26). The van der Waals surface area contributed by atoms with Gasteiger partial charge in [-0.25, -0.2) is 9.97 Å². The number of carbonyl (C=O) groups is 1. The van der Waals surface area contributed by atoms with Crippen molar-refractivity contribution >= 4 is 46.1 Å². The number of nitrogens with one attached hydrogen (secondary N) is 1. The highest BCUT2D eigenvalue weighted by molar-refractivity contribution is 7.99. The van der Waals surface area contributed by atoms with Crippen molar-refractivity contribution in [3.63, 3.8) is 0 Å². The van der Waals surface area contributed by atoms with E-state index in [0.717, 1.165) is 17.1 Å². The van der Waals surface area contributed by atoms with Gasteiger partial charge >= 0.3 is 6.18 Å². The van der Waals surface area contributed by atoms with Crippen LogP contribution in [0, 0.1) is 0 Å². The summed E-state index contributed by atoms with van der Waals surface area (Å²) < 4.78 is 39.9. The average Bonchev–Trinajstić information content (AvgIpc) is 2.98. The van der Waals surface area contributed by atoms with Crippen LogP contribution in [-0.4, -0.2) is 26.2 Å². The fourth-order valence-corrected chi connectivity index (χ4v) is 3.54. The van der Waals surface area contributed by atoms with Gasteiger partial charge in [-0.15, -0.1) is 0 Å². The number of amides is 1. The summed E-state index contributed by atoms with van der Waals surface area (Å²) in [6.45, 7) is 2.67. The molecule has 10 heteroatoms. The Bertz CT molecular complexity index is 990. The number of halogens is 4. The van der Waals surface area contributed by atoms with E-state index in [1.54, 1.807) is 0 Å². The fraction of sp³-hybridized carbons (Fsp3) is 0.235. The molecule has 2 heterocycles. The molecule has 3 rings (SSSR count). The predicted octanol–water partition coefficient (Wildman–Crippen LogP) is 4.85. The maximum Gasteiger partial charge on any atom is 0.417 e. The lowest BCUT2D eigenvalue weighted by Gasteiger charge is -2.10. The van der Waals surface area contributed by atoms with Gasteiger partial charge in [-0.2, -0.15) is 13.2 Å². The van der Waals surface area contributed by atoms with Crippen LogP contribution in [0.5, 0.6) is 0 Å². The zero-order chi connectivity index (χ0) is 19.6. The quantitative estimate of drug-likeness (QED) is 0.606. The van der Waals surface area contributed by atoms with Crippen LogP contribution in [-0.2, 0) is 17.5 Å². The Morgan fingerprint density at radius 1 is 1.33 bits per heavy atom. The molecule has 0 spiro atoms. The van der Waals surface area contributed by atoms with Crippen LogP contribution in [0.25, 0.3) is 11.0 Å². The van der Waals surface area contributed by atoms with Crippen LogP contribution < -0.4 is 5.32 Å². The highest BCUT2D eigenvalue weighted by atomic mass is 35.5. The molecule has 0 aliphatic rings. The largest absolute Gasteiger partial charge is 0.417 e. The normalized spacial score (nSPS) is 11.7. The molecule has 0 aliphatic carbocycles. The molecule has 0 saturated carbocycles. The Morgan fingerprint density at radius 3 is 2.74 bits per heavy atom. The van der Waals surface area contributed by atoms with Crippen LogP contribution in [0.15, 0.2) is 41.7 Å². The van der Waals surface area contributed by atoms with Gasteiger partial charge in [0.15, 0.2) is 11.0 Å². The third kappa shape index (κ3) is 4.36. The number of carbonyl (C=O) groups excluding carboxylic acids is 1. The van der Waals surface area contributed by atoms with Gasteiger partial charge in [-0.1, -0.05) is 35.5 Å². The predicted molar refractivity (Wildman–Crippen MR) is 99.0 cm³/mol. The maximum absolute atomic E-state index is 12.6. The number of aryl methyl sites for hydroxylation is 1. The van der Waals surface area contributed by atoms with E-state index in [-0.39, 0.29) is 16.6 Å². The number of thioether (sulfide) groups is 1. The lowest BCUT2D eigenvalue weighted by Crippen LogP contribution is -2.16. The van der Waals surface area contributed by atoms with Crippen LogP contribution >= 0.6 is 23.4 Å². The Hall–Kier alpha value is -2.26. The van der Waals surface area contributed by atoms with E-state index < -0.39 is 17.6 Å². The van der Waals surface area contributed by atoms with Crippen molar-refractivity contribution in [3.05, 3.63) is 47.1 Å². The molecule has 1 N–H and O–H groups in total. The fourth-order valence-electron chi connectivity index (χ4n) is 2.45. The second kappa shape index (κ2) is 7.77. The summed E-state index contributed by atoms with van der Waals surface area (Å²) in [5.41, 5.74) is 0.821. The van der Waals surface area contributed by atoms with Crippen molar-refractivity contribution in [2.45, 2.75) is 24.8 Å². The molecular formula is C17H14ClF3N4OS. The molecule has 5 nitrogen and oxygen atoms in total. The highest BCUT2D eigenvalue weighted by Crippen LogP contribution is 2.32. The minimum Gasteiger partial charge on any atom is -0.319 e. The lowest BCUT2D eigenvalue weighted by molar-refractivity contribution is -0.137. The van der Waals surface area contributed by atoms with Crippen molar-refractivity contribution < 1.29 is 18.0 Å². The number of pyridine rings is 1. The second-order valence-electron chi connectivity index (χ2n) is 5.52. The maximum atomic E-state index is 12.6. The number of hydrogen-bond acceptors (Lipinski definition) is 4. The van der Waals surface area contributed by atoms with Gasteiger partial charge in [0.25, 0.3) is 0 Å². The first-order chi connectivity index (χ1) is 12.8. The number of alkyl halides is 3. The molecule has 0 radical (unpaired) electrons. The molecule has 3 aromatic rings. The highest BCUT2D eigenvalue weighted by Gasteiger charge is 2.31. The number of para-hydroxylation sites is 2. The van der Waals surface area contributed by atoms with E-state index in [1.165, 1.54) is 11.8 Å². The Balaban J connectivity index is 1.69. The topological polar surface area (TPSA) is 59.8 Å². The average molecular weight is 415 g/mol.